The van der Waals surface area contributed by atoms with Crippen LogP contribution >= 0.6 is 11.6 Å². The molecule has 0 aliphatic carbocycles. The van der Waals surface area contributed by atoms with Gasteiger partial charge in [-0.05, 0) is 36.2 Å². The summed E-state index contributed by atoms with van der Waals surface area (Å²) in [6, 6.07) is 15.5. The molecule has 1 amide bonds. The minimum absolute atomic E-state index is 0.0528. The van der Waals surface area contributed by atoms with Crippen LogP contribution in [0.15, 0.2) is 48.5 Å². The summed E-state index contributed by atoms with van der Waals surface area (Å²) >= 11 is 5.96. The molecule has 140 valence electrons. The maximum atomic E-state index is 12.6. The number of hydrogen-bond acceptors (Lipinski definition) is 4. The number of H-pyrrole nitrogens is 1. The Labute approximate surface area is 162 Å². The second-order valence-electron chi connectivity index (χ2n) is 6.76. The van der Waals surface area contributed by atoms with Crippen LogP contribution in [-0.2, 0) is 11.2 Å². The average molecular weight is 384 g/mol. The number of aromatic amines is 1. The van der Waals surface area contributed by atoms with Crippen molar-refractivity contribution in [3.05, 3.63) is 64.9 Å². The number of benzene rings is 2. The highest BCUT2D eigenvalue weighted by atomic mass is 35.5. The molecule has 2 aromatic carbocycles. The zero-order valence-electron chi connectivity index (χ0n) is 14.8. The van der Waals surface area contributed by atoms with E-state index >= 15 is 0 Å². The highest BCUT2D eigenvalue weighted by Crippen LogP contribution is 2.26. The van der Waals surface area contributed by atoms with E-state index in [1.165, 1.54) is 0 Å². The Morgan fingerprint density at radius 2 is 2.00 bits per heavy atom. The van der Waals surface area contributed by atoms with E-state index in [-0.39, 0.29) is 17.9 Å². The van der Waals surface area contributed by atoms with Gasteiger partial charge in [0, 0.05) is 24.5 Å². The number of rotatable bonds is 6. The fourth-order valence-electron chi connectivity index (χ4n) is 3.45. The van der Waals surface area contributed by atoms with Crippen LogP contribution < -0.4 is 16.2 Å². The molecule has 1 aliphatic heterocycles. The monoisotopic (exact) mass is 383 g/mol. The Bertz CT molecular complexity index is 891. The molecule has 2 heterocycles. The number of carbonyl (C=O) groups is 1. The normalized spacial score (nSPS) is 19.4. The van der Waals surface area contributed by atoms with Crippen LogP contribution in [0.2, 0.25) is 5.02 Å². The summed E-state index contributed by atoms with van der Waals surface area (Å²) in [4.78, 5) is 20.5. The first-order valence-corrected chi connectivity index (χ1v) is 9.54. The third kappa shape index (κ3) is 4.13. The predicted molar refractivity (Wildman–Crippen MR) is 106 cm³/mol. The zero-order valence-corrected chi connectivity index (χ0v) is 15.6. The first-order valence-electron chi connectivity index (χ1n) is 9.16. The van der Waals surface area contributed by atoms with Gasteiger partial charge in [-0.25, -0.2) is 10.4 Å². The van der Waals surface area contributed by atoms with Gasteiger partial charge in [0.25, 0.3) is 0 Å². The Morgan fingerprint density at radius 3 is 2.81 bits per heavy atom. The van der Waals surface area contributed by atoms with Crippen molar-refractivity contribution < 1.29 is 4.79 Å². The minimum Gasteiger partial charge on any atom is -0.356 e. The molecule has 27 heavy (non-hydrogen) atoms. The Morgan fingerprint density at radius 1 is 1.19 bits per heavy atom. The van der Waals surface area contributed by atoms with Gasteiger partial charge in [-0.1, -0.05) is 35.9 Å². The molecule has 6 nitrogen and oxygen atoms in total. The summed E-state index contributed by atoms with van der Waals surface area (Å²) in [5, 5.41) is 3.74. The van der Waals surface area contributed by atoms with Gasteiger partial charge in [-0.15, -0.1) is 0 Å². The SMILES string of the molecule is O=C(NCCCc1nc2ccccc2[nH]1)C1CNNC1c1ccc(Cl)cc1. The molecular weight excluding hydrogens is 362 g/mol. The van der Waals surface area contributed by atoms with Crippen molar-refractivity contribution in [1.29, 1.82) is 0 Å². The third-order valence-corrected chi connectivity index (χ3v) is 5.13. The summed E-state index contributed by atoms with van der Waals surface area (Å²) in [6.45, 7) is 1.22. The molecule has 0 radical (unpaired) electrons. The lowest BCUT2D eigenvalue weighted by atomic mass is 9.94. The van der Waals surface area contributed by atoms with E-state index < -0.39 is 0 Å². The molecule has 3 aromatic rings. The molecular formula is C20H22ClN5O. The summed E-state index contributed by atoms with van der Waals surface area (Å²) < 4.78 is 0. The van der Waals surface area contributed by atoms with Crippen LogP contribution in [0, 0.1) is 5.92 Å². The van der Waals surface area contributed by atoms with Gasteiger partial charge in [0.05, 0.1) is 23.0 Å². The van der Waals surface area contributed by atoms with Crippen LogP contribution in [0.1, 0.15) is 23.9 Å². The maximum absolute atomic E-state index is 12.6. The van der Waals surface area contributed by atoms with Crippen molar-refractivity contribution in [2.75, 3.05) is 13.1 Å². The number of amides is 1. The van der Waals surface area contributed by atoms with E-state index in [1.54, 1.807) is 0 Å². The molecule has 1 aromatic heterocycles. The lowest BCUT2D eigenvalue weighted by Crippen LogP contribution is -2.35. The van der Waals surface area contributed by atoms with Gasteiger partial charge in [0.2, 0.25) is 5.91 Å². The number of fused-ring (bicyclic) bond motifs is 1. The van der Waals surface area contributed by atoms with Gasteiger partial charge in [-0.3, -0.25) is 10.2 Å². The van der Waals surface area contributed by atoms with Crippen molar-refractivity contribution in [3.63, 3.8) is 0 Å². The van der Waals surface area contributed by atoms with E-state index in [0.29, 0.717) is 18.1 Å². The van der Waals surface area contributed by atoms with Gasteiger partial charge in [0.15, 0.2) is 0 Å². The van der Waals surface area contributed by atoms with Crippen molar-refractivity contribution >= 4 is 28.5 Å². The van der Waals surface area contributed by atoms with Crippen molar-refractivity contribution in [3.8, 4) is 0 Å². The number of aryl methyl sites for hydroxylation is 1. The topological polar surface area (TPSA) is 81.8 Å². The first kappa shape index (κ1) is 18.0. The van der Waals surface area contributed by atoms with Gasteiger partial charge in [0.1, 0.15) is 5.82 Å². The summed E-state index contributed by atoms with van der Waals surface area (Å²) in [5.74, 6) is 0.850. The molecule has 1 aliphatic rings. The number of nitrogens with one attached hydrogen (secondary N) is 4. The molecule has 0 saturated carbocycles. The van der Waals surface area contributed by atoms with E-state index in [4.69, 9.17) is 11.6 Å². The Kier molecular flexibility index (Phi) is 5.38. The summed E-state index contributed by atoms with van der Waals surface area (Å²) in [5.41, 5.74) is 9.35. The number of carbonyl (C=O) groups excluding carboxylic acids is 1. The number of aromatic nitrogens is 2. The number of para-hydroxylation sites is 2. The molecule has 4 N–H and O–H groups in total. The van der Waals surface area contributed by atoms with Gasteiger partial charge >= 0.3 is 0 Å². The fourth-order valence-corrected chi connectivity index (χ4v) is 3.58. The molecule has 0 spiro atoms. The Hall–Kier alpha value is -2.41. The summed E-state index contributed by atoms with van der Waals surface area (Å²) in [6.07, 6.45) is 1.64. The fraction of sp³-hybridized carbons (Fsp3) is 0.300. The lowest BCUT2D eigenvalue weighted by Gasteiger charge is -2.18. The highest BCUT2D eigenvalue weighted by molar-refractivity contribution is 6.30. The smallest absolute Gasteiger partial charge is 0.226 e. The van der Waals surface area contributed by atoms with Gasteiger partial charge in [-0.2, -0.15) is 0 Å². The van der Waals surface area contributed by atoms with E-state index in [2.05, 4.69) is 26.1 Å². The van der Waals surface area contributed by atoms with Crippen LogP contribution in [0.5, 0.6) is 0 Å². The van der Waals surface area contributed by atoms with Crippen LogP contribution in [-0.4, -0.2) is 29.0 Å². The molecule has 2 unspecified atom stereocenters. The molecule has 7 heteroatoms. The zero-order chi connectivity index (χ0) is 18.6. The molecule has 1 fully saturated rings. The van der Waals surface area contributed by atoms with Crippen LogP contribution in [0.4, 0.5) is 0 Å². The maximum Gasteiger partial charge on any atom is 0.226 e. The molecule has 1 saturated heterocycles. The number of nitrogens with zero attached hydrogens (tertiary/aromatic N) is 1. The van der Waals surface area contributed by atoms with E-state index in [9.17, 15) is 4.79 Å². The number of hydrogen-bond donors (Lipinski definition) is 4. The largest absolute Gasteiger partial charge is 0.356 e. The second-order valence-corrected chi connectivity index (χ2v) is 7.19. The number of halogens is 1. The van der Waals surface area contributed by atoms with Crippen LogP contribution in [0.25, 0.3) is 11.0 Å². The third-order valence-electron chi connectivity index (χ3n) is 4.88. The van der Waals surface area contributed by atoms with Gasteiger partial charge < -0.3 is 10.3 Å². The van der Waals surface area contributed by atoms with E-state index in [1.807, 2.05) is 48.5 Å². The van der Waals surface area contributed by atoms with Crippen LogP contribution in [0.3, 0.4) is 0 Å². The number of hydrazine groups is 1. The Balaban J connectivity index is 1.29. The first-order chi connectivity index (χ1) is 13.2. The quantitative estimate of drug-likeness (QED) is 0.493. The van der Waals surface area contributed by atoms with Crippen molar-refractivity contribution in [2.45, 2.75) is 18.9 Å². The van der Waals surface area contributed by atoms with E-state index in [0.717, 1.165) is 35.3 Å². The molecule has 0 bridgehead atoms. The molecule has 2 atom stereocenters. The number of imidazole rings is 1. The lowest BCUT2D eigenvalue weighted by molar-refractivity contribution is -0.124. The predicted octanol–water partition coefficient (Wildman–Crippen LogP) is 2.73. The molecule has 4 rings (SSSR count). The average Bonchev–Trinajstić information content (AvgIpc) is 3.32. The highest BCUT2D eigenvalue weighted by Gasteiger charge is 2.33. The summed E-state index contributed by atoms with van der Waals surface area (Å²) in [7, 11) is 0. The van der Waals surface area contributed by atoms with Crippen molar-refractivity contribution in [1.82, 2.24) is 26.1 Å². The minimum atomic E-state index is -0.155. The van der Waals surface area contributed by atoms with Crippen molar-refractivity contribution in [2.24, 2.45) is 5.92 Å². The second kappa shape index (κ2) is 8.08. The standard InChI is InChI=1S/C20H22ClN5O/c21-14-9-7-13(8-10-14)19-15(12-23-26-19)20(27)22-11-3-6-18-24-16-4-1-2-5-17(16)25-18/h1-2,4-5,7-10,15,19,23,26H,3,6,11-12H2,(H,22,27)(H,24,25).